The maximum Gasteiger partial charge on any atom is 0.264 e. The van der Waals surface area contributed by atoms with Crippen LogP contribution in [0.1, 0.15) is 19.8 Å². The lowest BCUT2D eigenvalue weighted by Crippen LogP contribution is -2.39. The Morgan fingerprint density at radius 3 is 2.17 bits per heavy atom. The monoisotopic (exact) mass is 482 g/mol. The van der Waals surface area contributed by atoms with E-state index in [0.29, 0.717) is 5.02 Å². The molecule has 0 aliphatic heterocycles. The van der Waals surface area contributed by atoms with E-state index in [0.717, 1.165) is 10.4 Å². The van der Waals surface area contributed by atoms with Gasteiger partial charge < -0.3 is 0 Å². The summed E-state index contributed by atoms with van der Waals surface area (Å²) < 4.78 is 67.6. The molecular weight excluding hydrogens is 462 g/mol. The maximum atomic E-state index is 14.6. The molecule has 0 aliphatic carbocycles. The van der Waals surface area contributed by atoms with Crippen LogP contribution in [0.4, 0.5) is 10.1 Å². The fourth-order valence-electron chi connectivity index (χ4n) is 2.77. The molecule has 0 bridgehead atoms. The van der Waals surface area contributed by atoms with Crippen molar-refractivity contribution in [1.29, 1.82) is 0 Å². The maximum absolute atomic E-state index is 14.6. The second-order valence-corrected chi connectivity index (χ2v) is 11.1. The summed E-state index contributed by atoms with van der Waals surface area (Å²) in [5.74, 6) is -0.976. The molecule has 2 rings (SSSR count). The number of nitrogens with one attached hydrogen (secondary N) is 1. The summed E-state index contributed by atoms with van der Waals surface area (Å²) in [5, 5.41) is 0.487. The normalized spacial score (nSPS) is 13.3. The highest BCUT2D eigenvalue weighted by atomic mass is 35.5. The van der Waals surface area contributed by atoms with Gasteiger partial charge in [0.25, 0.3) is 10.0 Å². The zero-order valence-corrected chi connectivity index (χ0v) is 18.9. The topological polar surface area (TPSA) is 83.6 Å². The lowest BCUT2D eigenvalue weighted by molar-refractivity contribution is 0.555. The number of nitrogens with zero attached hydrogens (tertiary/aromatic N) is 1. The largest absolute Gasteiger partial charge is 0.264 e. The lowest BCUT2D eigenvalue weighted by atomic mass is 10.2. The number of halogens is 3. The van der Waals surface area contributed by atoms with Crippen molar-refractivity contribution in [2.75, 3.05) is 17.1 Å². The molecule has 0 amide bonds. The van der Waals surface area contributed by atoms with Crippen LogP contribution in [0.2, 0.25) is 10.0 Å². The first-order valence-electron chi connectivity index (χ1n) is 8.64. The first-order valence-corrected chi connectivity index (χ1v) is 12.5. The minimum atomic E-state index is -4.15. The Morgan fingerprint density at radius 2 is 1.62 bits per heavy atom. The van der Waals surface area contributed by atoms with E-state index in [1.807, 2.05) is 0 Å². The van der Waals surface area contributed by atoms with Crippen LogP contribution < -0.4 is 9.03 Å². The molecule has 6 nitrogen and oxygen atoms in total. The third-order valence-corrected chi connectivity index (χ3v) is 8.14. The Kier molecular flexibility index (Phi) is 7.92. The molecule has 2 aromatic carbocycles. The average molecular weight is 483 g/mol. The molecule has 0 fully saturated rings. The van der Waals surface area contributed by atoms with Gasteiger partial charge in [-0.2, -0.15) is 0 Å². The summed E-state index contributed by atoms with van der Waals surface area (Å²) >= 11 is 11.6. The van der Waals surface area contributed by atoms with Gasteiger partial charge in [-0.15, -0.1) is 0 Å². The van der Waals surface area contributed by atoms with Crippen molar-refractivity contribution in [2.24, 2.45) is 0 Å². The first kappa shape index (κ1) is 23.9. The van der Waals surface area contributed by atoms with Crippen molar-refractivity contribution in [2.45, 2.75) is 30.7 Å². The zero-order valence-electron chi connectivity index (χ0n) is 15.8. The number of hydrogen-bond acceptors (Lipinski definition) is 4. The molecule has 2 aromatic rings. The summed E-state index contributed by atoms with van der Waals surface area (Å²) in [7, 11) is -6.28. The molecule has 0 saturated heterocycles. The van der Waals surface area contributed by atoms with Gasteiger partial charge in [-0.3, -0.25) is 4.31 Å². The van der Waals surface area contributed by atoms with Crippen molar-refractivity contribution in [3.63, 3.8) is 0 Å². The van der Waals surface area contributed by atoms with E-state index < -0.39 is 31.9 Å². The van der Waals surface area contributed by atoms with E-state index in [1.54, 1.807) is 6.92 Å². The number of sulfonamides is 2. The standard InChI is InChI=1S/C18H21Cl2FN2O4S2/c1-13(4-3-11-28(24,25)22-2)23(18-10-7-15(20)12-17(18)21)29(26,27)16-8-5-14(19)6-9-16/h5-10,12-13,22H,3-4,11H2,1-2H3/t13-/m1/s1. The highest BCUT2D eigenvalue weighted by Crippen LogP contribution is 2.32. The van der Waals surface area contributed by atoms with Crippen molar-refractivity contribution in [3.05, 3.63) is 58.3 Å². The molecule has 0 saturated carbocycles. The van der Waals surface area contributed by atoms with Gasteiger partial charge in [-0.25, -0.2) is 25.9 Å². The quantitative estimate of drug-likeness (QED) is 0.584. The molecule has 11 heteroatoms. The van der Waals surface area contributed by atoms with Gasteiger partial charge in [0, 0.05) is 16.1 Å². The van der Waals surface area contributed by atoms with Crippen LogP contribution in [0.5, 0.6) is 0 Å². The Balaban J connectivity index is 2.44. The second-order valence-electron chi connectivity index (χ2n) is 6.36. The van der Waals surface area contributed by atoms with Crippen LogP contribution in [0.25, 0.3) is 0 Å². The Labute approximate surface area is 180 Å². The van der Waals surface area contributed by atoms with E-state index in [2.05, 4.69) is 4.72 Å². The Bertz CT molecular complexity index is 1060. The minimum Gasteiger partial charge on any atom is -0.261 e. The van der Waals surface area contributed by atoms with Gasteiger partial charge in [0.1, 0.15) is 5.82 Å². The molecule has 1 atom stereocenters. The van der Waals surface area contributed by atoms with E-state index in [-0.39, 0.29) is 34.2 Å². The number of rotatable bonds is 9. The molecule has 1 N–H and O–H groups in total. The van der Waals surface area contributed by atoms with Crippen LogP contribution >= 0.6 is 23.2 Å². The highest BCUT2D eigenvalue weighted by Gasteiger charge is 2.31. The zero-order chi connectivity index (χ0) is 21.8. The molecule has 160 valence electrons. The van der Waals surface area contributed by atoms with Gasteiger partial charge in [-0.1, -0.05) is 23.2 Å². The summed E-state index contributed by atoms with van der Waals surface area (Å²) in [6.07, 6.45) is 0.377. The van der Waals surface area contributed by atoms with Gasteiger partial charge in [0.05, 0.1) is 16.3 Å². The Hall–Kier alpha value is -1.39. The van der Waals surface area contributed by atoms with Crippen LogP contribution in [0, 0.1) is 5.82 Å². The number of anilines is 1. The van der Waals surface area contributed by atoms with E-state index in [4.69, 9.17) is 23.2 Å². The third-order valence-electron chi connectivity index (χ3n) is 4.26. The summed E-state index contributed by atoms with van der Waals surface area (Å²) in [6, 6.07) is 8.49. The molecular formula is C18H21Cl2FN2O4S2. The summed E-state index contributed by atoms with van der Waals surface area (Å²) in [5.41, 5.74) is -0.173. The van der Waals surface area contributed by atoms with Gasteiger partial charge in [0.15, 0.2) is 0 Å². The fourth-order valence-corrected chi connectivity index (χ4v) is 5.50. The molecule has 0 unspecified atom stereocenters. The van der Waals surface area contributed by atoms with Gasteiger partial charge in [-0.05, 0) is 69.3 Å². The number of benzene rings is 2. The van der Waals surface area contributed by atoms with E-state index in [9.17, 15) is 21.2 Å². The molecule has 0 radical (unpaired) electrons. The molecule has 0 heterocycles. The summed E-state index contributed by atoms with van der Waals surface area (Å²) in [4.78, 5) is -0.0639. The van der Waals surface area contributed by atoms with Crippen LogP contribution in [0.3, 0.4) is 0 Å². The smallest absolute Gasteiger partial charge is 0.261 e. The lowest BCUT2D eigenvalue weighted by Gasteiger charge is -2.31. The van der Waals surface area contributed by atoms with Crippen molar-refractivity contribution < 1.29 is 21.2 Å². The molecule has 0 spiro atoms. The highest BCUT2D eigenvalue weighted by molar-refractivity contribution is 7.92. The average Bonchev–Trinajstić information content (AvgIpc) is 2.64. The van der Waals surface area contributed by atoms with Crippen molar-refractivity contribution >= 4 is 48.9 Å². The van der Waals surface area contributed by atoms with Gasteiger partial charge in [0.2, 0.25) is 10.0 Å². The second kappa shape index (κ2) is 9.61. The molecule has 0 aliphatic rings. The first-order chi connectivity index (χ1) is 13.5. The van der Waals surface area contributed by atoms with Crippen LogP contribution in [-0.2, 0) is 20.0 Å². The minimum absolute atomic E-state index is 0.0639. The fraction of sp³-hybridized carbons (Fsp3) is 0.333. The van der Waals surface area contributed by atoms with Crippen molar-refractivity contribution in [1.82, 2.24) is 4.72 Å². The summed E-state index contributed by atoms with van der Waals surface area (Å²) in [6.45, 7) is 1.59. The predicted molar refractivity (Wildman–Crippen MR) is 114 cm³/mol. The van der Waals surface area contributed by atoms with E-state index in [1.165, 1.54) is 43.4 Å². The predicted octanol–water partition coefficient (Wildman–Crippen LogP) is 4.05. The molecule has 29 heavy (non-hydrogen) atoms. The van der Waals surface area contributed by atoms with Gasteiger partial charge >= 0.3 is 0 Å². The number of hydrogen-bond donors (Lipinski definition) is 1. The van der Waals surface area contributed by atoms with E-state index >= 15 is 0 Å². The Morgan fingerprint density at radius 1 is 1.03 bits per heavy atom. The van der Waals surface area contributed by atoms with Crippen LogP contribution in [0.15, 0.2) is 47.4 Å². The SMILES string of the molecule is CNS(=O)(=O)CCC[C@@H](C)N(c1ccc(Cl)cc1F)S(=O)(=O)c1ccc(Cl)cc1. The molecule has 0 aromatic heterocycles. The third kappa shape index (κ3) is 6.05. The van der Waals surface area contributed by atoms with Crippen LogP contribution in [-0.4, -0.2) is 35.7 Å². The van der Waals surface area contributed by atoms with Crippen molar-refractivity contribution in [3.8, 4) is 0 Å².